The molecule has 2 N–H and O–H groups in total. The van der Waals surface area contributed by atoms with Gasteiger partial charge in [-0.1, -0.05) is 35.9 Å². The van der Waals surface area contributed by atoms with E-state index in [0.29, 0.717) is 0 Å². The van der Waals surface area contributed by atoms with Crippen molar-refractivity contribution >= 4 is 17.4 Å². The Bertz CT molecular complexity index is 616. The van der Waals surface area contributed by atoms with Crippen molar-refractivity contribution in [1.82, 2.24) is 0 Å². The third-order valence-corrected chi connectivity index (χ3v) is 2.55. The van der Waals surface area contributed by atoms with Crippen molar-refractivity contribution in [2.45, 2.75) is 18.3 Å². The molecule has 0 saturated carbocycles. The molecule has 0 bridgehead atoms. The normalized spacial score (nSPS) is 37.9. The molecule has 0 saturated heterocycles. The molecule has 3 heteroatoms. The fourth-order valence-corrected chi connectivity index (χ4v) is 1.68. The molecule has 2 nitrogen and oxygen atoms in total. The summed E-state index contributed by atoms with van der Waals surface area (Å²) in [5.74, 6) is -0.879. The average molecular weight is 227 g/mol. The van der Waals surface area contributed by atoms with Gasteiger partial charge in [0.1, 0.15) is 5.54 Å². The second-order valence-electron chi connectivity index (χ2n) is 3.19. The molecule has 0 spiro atoms. The molecule has 2 rings (SSSR count). The van der Waals surface area contributed by atoms with Crippen molar-refractivity contribution in [3.05, 3.63) is 47.0 Å². The highest BCUT2D eigenvalue weighted by Crippen LogP contribution is 2.33. The Morgan fingerprint density at radius 2 is 2.27 bits per heavy atom. The van der Waals surface area contributed by atoms with Crippen LogP contribution in [0.2, 0.25) is 5.02 Å². The number of benzene rings is 1. The molecule has 0 fully saturated rings. The first-order valence-electron chi connectivity index (χ1n) is 6.84. The third kappa shape index (κ3) is 1.71. The van der Waals surface area contributed by atoms with Crippen LogP contribution in [0.4, 0.5) is 0 Å². The maximum atomic E-state index is 12.2. The number of nitrogens with two attached hydrogens (primary N) is 1. The third-order valence-electron chi connectivity index (χ3n) is 2.22. The molecule has 0 radical (unpaired) electrons. The summed E-state index contributed by atoms with van der Waals surface area (Å²) in [6, 6.07) is 5.23. The first kappa shape index (κ1) is 5.83. The van der Waals surface area contributed by atoms with E-state index in [2.05, 4.69) is 0 Å². The fourth-order valence-electron chi connectivity index (χ4n) is 1.39. The number of halogens is 1. The molecule has 1 aromatic rings. The van der Waals surface area contributed by atoms with Crippen LogP contribution in [-0.2, 0) is 10.3 Å². The van der Waals surface area contributed by atoms with Crippen molar-refractivity contribution in [2.75, 3.05) is 0 Å². The molecule has 1 atom stereocenters. The summed E-state index contributed by atoms with van der Waals surface area (Å²) in [5, 5.41) is 0.0739. The summed E-state index contributed by atoms with van der Waals surface area (Å²) in [6.45, 7) is 0. The summed E-state index contributed by atoms with van der Waals surface area (Å²) >= 11 is 5.98. The van der Waals surface area contributed by atoms with E-state index in [1.54, 1.807) is 6.07 Å². The largest absolute Gasteiger partial charge is 0.315 e. The number of ketones is 1. The van der Waals surface area contributed by atoms with Gasteiger partial charge in [0.2, 0.25) is 0 Å². The van der Waals surface area contributed by atoms with Gasteiger partial charge in [0.15, 0.2) is 5.78 Å². The Labute approximate surface area is 101 Å². The standard InChI is InChI=1S/C12H12ClNO/c13-10-6-2-1-5-9(10)12(14)8-4-3-7-11(12)15/h1-3,5-7H,4,8,14H2/i3D,4D2,8D2. The van der Waals surface area contributed by atoms with Gasteiger partial charge in [-0.3, -0.25) is 4.79 Å². The molecular weight excluding hydrogens is 210 g/mol. The molecule has 1 aromatic carbocycles. The number of hydrogen-bond donors (Lipinski definition) is 1. The van der Waals surface area contributed by atoms with E-state index in [1.165, 1.54) is 18.2 Å². The zero-order chi connectivity index (χ0) is 15.3. The maximum absolute atomic E-state index is 12.2. The van der Waals surface area contributed by atoms with E-state index < -0.39 is 30.1 Å². The predicted molar refractivity (Wildman–Crippen MR) is 60.7 cm³/mol. The van der Waals surface area contributed by atoms with Gasteiger partial charge in [0.25, 0.3) is 0 Å². The van der Waals surface area contributed by atoms with Gasteiger partial charge in [-0.15, -0.1) is 0 Å². The Morgan fingerprint density at radius 1 is 1.53 bits per heavy atom. The molecule has 1 aliphatic rings. The second kappa shape index (κ2) is 3.80. The van der Waals surface area contributed by atoms with Crippen LogP contribution in [0, 0.1) is 0 Å². The Morgan fingerprint density at radius 3 is 3.00 bits per heavy atom. The Hall–Kier alpha value is -1.12. The lowest BCUT2D eigenvalue weighted by Gasteiger charge is -2.30. The molecule has 1 unspecified atom stereocenters. The van der Waals surface area contributed by atoms with E-state index in [1.807, 2.05) is 0 Å². The van der Waals surface area contributed by atoms with E-state index in [4.69, 9.17) is 24.2 Å². The monoisotopic (exact) mass is 226 g/mol. The quantitative estimate of drug-likeness (QED) is 0.799. The molecule has 0 aromatic heterocycles. The molecule has 78 valence electrons. The zero-order valence-corrected chi connectivity index (χ0v) is 8.51. The minimum Gasteiger partial charge on any atom is -0.315 e. The number of carbonyl (C=O) groups excluding carboxylic acids is 1. The second-order valence-corrected chi connectivity index (χ2v) is 3.60. The number of carbonyl (C=O) groups is 1. The SMILES string of the molecule is [2H]C1=CC(=O)C(N)(c2ccccc2Cl)C([2H])([2H])C1([2H])[2H]. The minimum absolute atomic E-state index is 0.00397. The Balaban J connectivity index is 2.79. The van der Waals surface area contributed by atoms with E-state index in [0.717, 1.165) is 6.08 Å². The van der Waals surface area contributed by atoms with E-state index >= 15 is 0 Å². The number of allylic oxidation sites excluding steroid dienone is 1. The first-order chi connectivity index (χ1) is 9.06. The van der Waals surface area contributed by atoms with Crippen LogP contribution in [0.3, 0.4) is 0 Å². The van der Waals surface area contributed by atoms with Gasteiger partial charge in [-0.25, -0.2) is 0 Å². The van der Waals surface area contributed by atoms with Crippen LogP contribution in [0.1, 0.15) is 25.2 Å². The van der Waals surface area contributed by atoms with Gasteiger partial charge >= 0.3 is 0 Å². The predicted octanol–water partition coefficient (Wildman–Crippen LogP) is 2.41. The van der Waals surface area contributed by atoms with E-state index in [-0.39, 0.29) is 10.6 Å². The number of rotatable bonds is 1. The molecule has 1 aliphatic carbocycles. The smallest absolute Gasteiger partial charge is 0.179 e. The summed E-state index contributed by atoms with van der Waals surface area (Å²) in [7, 11) is 0. The van der Waals surface area contributed by atoms with Gasteiger partial charge in [0.05, 0.1) is 1.37 Å². The van der Waals surface area contributed by atoms with Crippen molar-refractivity contribution in [3.63, 3.8) is 0 Å². The summed E-state index contributed by atoms with van der Waals surface area (Å²) in [6.07, 6.45) is -4.78. The highest BCUT2D eigenvalue weighted by Gasteiger charge is 2.36. The zero-order valence-electron chi connectivity index (χ0n) is 12.8. The van der Waals surface area contributed by atoms with Gasteiger partial charge in [-0.2, -0.15) is 0 Å². The lowest BCUT2D eigenvalue weighted by Crippen LogP contribution is -2.45. The molecule has 15 heavy (non-hydrogen) atoms. The highest BCUT2D eigenvalue weighted by molar-refractivity contribution is 6.31. The van der Waals surface area contributed by atoms with Crippen molar-refractivity contribution in [2.24, 2.45) is 5.73 Å². The minimum atomic E-state index is -2.81. The van der Waals surface area contributed by atoms with Crippen LogP contribution >= 0.6 is 11.6 Å². The van der Waals surface area contributed by atoms with E-state index in [9.17, 15) is 4.79 Å². The summed E-state index contributed by atoms with van der Waals surface area (Å²) in [5.41, 5.74) is 3.69. The average Bonchev–Trinajstić information content (AvgIpc) is 2.36. The number of hydrogen-bond acceptors (Lipinski definition) is 2. The summed E-state index contributed by atoms with van der Waals surface area (Å²) in [4.78, 5) is 12.2. The Kier molecular flexibility index (Phi) is 1.47. The highest BCUT2D eigenvalue weighted by atomic mass is 35.5. The maximum Gasteiger partial charge on any atom is 0.179 e. The lowest BCUT2D eigenvalue weighted by atomic mass is 9.79. The van der Waals surface area contributed by atoms with Crippen molar-refractivity contribution in [1.29, 1.82) is 0 Å². The molecule has 0 heterocycles. The van der Waals surface area contributed by atoms with Gasteiger partial charge in [0, 0.05) is 10.5 Å². The van der Waals surface area contributed by atoms with Crippen LogP contribution in [0.15, 0.2) is 36.4 Å². The molecular formula is C12H12ClNO. The van der Waals surface area contributed by atoms with Crippen LogP contribution in [0.25, 0.3) is 0 Å². The van der Waals surface area contributed by atoms with Gasteiger partial charge in [-0.05, 0) is 30.5 Å². The summed E-state index contributed by atoms with van der Waals surface area (Å²) < 4.78 is 39.0. The molecule has 0 amide bonds. The molecule has 0 aliphatic heterocycles. The van der Waals surface area contributed by atoms with Crippen molar-refractivity contribution < 1.29 is 11.6 Å². The fraction of sp³-hybridized carbons (Fsp3) is 0.250. The van der Waals surface area contributed by atoms with Gasteiger partial charge < -0.3 is 5.73 Å². The lowest BCUT2D eigenvalue weighted by molar-refractivity contribution is -0.120. The van der Waals surface area contributed by atoms with Crippen LogP contribution in [0.5, 0.6) is 0 Å². The first-order valence-corrected chi connectivity index (χ1v) is 4.71. The van der Waals surface area contributed by atoms with Crippen LogP contribution < -0.4 is 5.73 Å². The topological polar surface area (TPSA) is 43.1 Å². The van der Waals surface area contributed by atoms with Crippen LogP contribution in [-0.4, -0.2) is 5.78 Å². The van der Waals surface area contributed by atoms with Crippen molar-refractivity contribution in [3.8, 4) is 0 Å².